The first kappa shape index (κ1) is 23.0. The zero-order valence-electron chi connectivity index (χ0n) is 17.4. The van der Waals surface area contributed by atoms with Crippen LogP contribution in [0.3, 0.4) is 0 Å². The van der Waals surface area contributed by atoms with Crippen molar-refractivity contribution >= 4 is 63.9 Å². The molecule has 0 fully saturated rings. The number of carbonyl (C=O) groups is 2. The van der Waals surface area contributed by atoms with E-state index < -0.39 is 11.5 Å². The van der Waals surface area contributed by atoms with Gasteiger partial charge in [-0.2, -0.15) is 0 Å². The molecule has 2 aromatic carbocycles. The molecule has 2 heterocycles. The van der Waals surface area contributed by atoms with Crippen LogP contribution in [0, 0.1) is 0 Å². The molecule has 0 saturated heterocycles. The fourth-order valence-electron chi connectivity index (χ4n) is 3.39. The van der Waals surface area contributed by atoms with Gasteiger partial charge < -0.3 is 9.88 Å². The second-order valence-corrected chi connectivity index (χ2v) is 8.56. The predicted octanol–water partition coefficient (Wildman–Crippen LogP) is 5.10. The van der Waals surface area contributed by atoms with E-state index in [1.807, 2.05) is 6.26 Å². The SMILES string of the molecule is CSc1ncc2cc(-c3c(Cl)ccc(N(C)C(=O)c4ccccc4C=O)c3Cl)c(=O)[nH]c2n1. The van der Waals surface area contributed by atoms with Gasteiger partial charge in [-0.3, -0.25) is 14.4 Å². The highest BCUT2D eigenvalue weighted by molar-refractivity contribution is 7.98. The zero-order valence-corrected chi connectivity index (χ0v) is 19.8. The summed E-state index contributed by atoms with van der Waals surface area (Å²) >= 11 is 14.5. The van der Waals surface area contributed by atoms with Gasteiger partial charge in [-0.1, -0.05) is 53.2 Å². The van der Waals surface area contributed by atoms with E-state index >= 15 is 0 Å². The van der Waals surface area contributed by atoms with Crippen molar-refractivity contribution < 1.29 is 9.59 Å². The van der Waals surface area contributed by atoms with Gasteiger partial charge in [-0.25, -0.2) is 9.97 Å². The zero-order chi connectivity index (χ0) is 23.7. The van der Waals surface area contributed by atoms with E-state index in [1.54, 1.807) is 48.7 Å². The third-order valence-corrected chi connectivity index (χ3v) is 6.34. The van der Waals surface area contributed by atoms with Gasteiger partial charge in [0.1, 0.15) is 5.65 Å². The topological polar surface area (TPSA) is 96.0 Å². The number of amides is 1. The highest BCUT2D eigenvalue weighted by atomic mass is 35.5. The van der Waals surface area contributed by atoms with Crippen LogP contribution in [-0.2, 0) is 0 Å². The Labute approximate surface area is 202 Å². The van der Waals surface area contributed by atoms with Crippen molar-refractivity contribution in [2.45, 2.75) is 5.16 Å². The van der Waals surface area contributed by atoms with Crippen LogP contribution in [0.25, 0.3) is 22.2 Å². The van der Waals surface area contributed by atoms with Crippen LogP contribution in [0.4, 0.5) is 5.69 Å². The van der Waals surface area contributed by atoms with Crippen LogP contribution < -0.4 is 10.5 Å². The Morgan fingerprint density at radius 2 is 1.94 bits per heavy atom. The number of H-pyrrole nitrogens is 1. The van der Waals surface area contributed by atoms with Gasteiger partial charge in [0.25, 0.3) is 11.5 Å². The Bertz CT molecular complexity index is 1470. The van der Waals surface area contributed by atoms with Crippen LogP contribution in [0.5, 0.6) is 0 Å². The number of pyridine rings is 1. The van der Waals surface area contributed by atoms with Crippen LogP contribution in [-0.4, -0.2) is 40.4 Å². The molecular formula is C23H16Cl2N4O3S. The molecular weight excluding hydrogens is 483 g/mol. The lowest BCUT2D eigenvalue weighted by molar-refractivity contribution is 0.0986. The van der Waals surface area contributed by atoms with Gasteiger partial charge >= 0.3 is 0 Å². The van der Waals surface area contributed by atoms with Crippen molar-refractivity contribution in [2.24, 2.45) is 0 Å². The van der Waals surface area contributed by atoms with Crippen molar-refractivity contribution in [3.63, 3.8) is 0 Å². The number of carbonyl (C=O) groups excluding carboxylic acids is 2. The summed E-state index contributed by atoms with van der Waals surface area (Å²) in [5.74, 6) is -0.432. The number of rotatable bonds is 5. The molecule has 1 N–H and O–H groups in total. The first-order valence-electron chi connectivity index (χ1n) is 9.60. The molecule has 0 aliphatic rings. The van der Waals surface area contributed by atoms with Gasteiger partial charge in [0.05, 0.1) is 26.9 Å². The molecule has 0 unspecified atom stereocenters. The van der Waals surface area contributed by atoms with Crippen molar-refractivity contribution in [3.05, 3.63) is 80.2 Å². The molecule has 2 aromatic heterocycles. The molecule has 4 rings (SSSR count). The molecule has 0 aliphatic heterocycles. The molecule has 4 aromatic rings. The molecule has 166 valence electrons. The first-order valence-corrected chi connectivity index (χ1v) is 11.6. The number of aromatic nitrogens is 3. The molecule has 0 saturated carbocycles. The Morgan fingerprint density at radius 3 is 2.67 bits per heavy atom. The number of nitrogens with one attached hydrogen (secondary N) is 1. The Hall–Kier alpha value is -3.20. The summed E-state index contributed by atoms with van der Waals surface area (Å²) in [6, 6.07) is 11.2. The van der Waals surface area contributed by atoms with Crippen LogP contribution in [0.15, 0.2) is 58.6 Å². The molecule has 33 heavy (non-hydrogen) atoms. The summed E-state index contributed by atoms with van der Waals surface area (Å²) in [7, 11) is 1.53. The number of nitrogens with zero attached hydrogens (tertiary/aromatic N) is 3. The van der Waals surface area contributed by atoms with Gasteiger partial charge in [0.2, 0.25) is 0 Å². The summed E-state index contributed by atoms with van der Waals surface area (Å²) in [5, 5.41) is 1.49. The Morgan fingerprint density at radius 1 is 1.18 bits per heavy atom. The average Bonchev–Trinajstić information content (AvgIpc) is 2.83. The molecule has 1 amide bonds. The molecule has 0 radical (unpaired) electrons. The normalized spacial score (nSPS) is 10.9. The summed E-state index contributed by atoms with van der Waals surface area (Å²) in [6.07, 6.45) is 4.06. The number of thioether (sulfide) groups is 1. The number of hydrogen-bond acceptors (Lipinski definition) is 6. The van der Waals surface area contributed by atoms with Crippen LogP contribution >= 0.6 is 35.0 Å². The van der Waals surface area contributed by atoms with E-state index in [0.29, 0.717) is 28.2 Å². The highest BCUT2D eigenvalue weighted by Crippen LogP contribution is 2.40. The lowest BCUT2D eigenvalue weighted by atomic mass is 10.0. The smallest absolute Gasteiger partial charge is 0.258 e. The van der Waals surface area contributed by atoms with Crippen molar-refractivity contribution in [2.75, 3.05) is 18.2 Å². The number of aldehydes is 1. The number of halogens is 2. The molecule has 7 nitrogen and oxygen atoms in total. The molecule has 0 bridgehead atoms. The maximum absolute atomic E-state index is 13.1. The van der Waals surface area contributed by atoms with E-state index in [1.165, 1.54) is 23.7 Å². The van der Waals surface area contributed by atoms with Gasteiger partial charge in [0, 0.05) is 29.8 Å². The van der Waals surface area contributed by atoms with E-state index in [2.05, 4.69) is 15.0 Å². The van der Waals surface area contributed by atoms with E-state index in [9.17, 15) is 14.4 Å². The highest BCUT2D eigenvalue weighted by Gasteiger charge is 2.23. The first-order chi connectivity index (χ1) is 15.8. The van der Waals surface area contributed by atoms with Gasteiger partial charge in [0.15, 0.2) is 11.4 Å². The second-order valence-electron chi connectivity index (χ2n) is 7.00. The molecule has 0 aliphatic carbocycles. The number of hydrogen-bond donors (Lipinski definition) is 1. The summed E-state index contributed by atoms with van der Waals surface area (Å²) in [4.78, 5) is 50.0. The monoisotopic (exact) mass is 498 g/mol. The fraction of sp³-hybridized carbons (Fsp3) is 0.0870. The van der Waals surface area contributed by atoms with Crippen molar-refractivity contribution in [1.29, 1.82) is 0 Å². The lowest BCUT2D eigenvalue weighted by Gasteiger charge is -2.21. The third kappa shape index (κ3) is 4.25. The standard InChI is InChI=1S/C23H16Cl2N4O3S/c1-29(22(32)14-6-4-3-5-12(14)11-30)17-8-7-16(24)18(19(17)25)15-9-13-10-26-23(33-2)28-20(13)27-21(15)31/h3-11H,1-2H3,(H,26,27,28,31). The molecule has 0 atom stereocenters. The maximum atomic E-state index is 13.1. The lowest BCUT2D eigenvalue weighted by Crippen LogP contribution is -2.27. The maximum Gasteiger partial charge on any atom is 0.258 e. The van der Waals surface area contributed by atoms with Crippen molar-refractivity contribution in [1.82, 2.24) is 15.0 Å². The summed E-state index contributed by atoms with van der Waals surface area (Å²) in [6.45, 7) is 0. The third-order valence-electron chi connectivity index (χ3n) is 5.08. The van der Waals surface area contributed by atoms with Gasteiger partial charge in [-0.15, -0.1) is 0 Å². The van der Waals surface area contributed by atoms with Crippen LogP contribution in [0.2, 0.25) is 10.0 Å². The molecule has 0 spiro atoms. The Balaban J connectivity index is 1.84. The fourth-order valence-corrected chi connectivity index (χ4v) is 4.43. The summed E-state index contributed by atoms with van der Waals surface area (Å²) in [5.41, 5.74) is 1.27. The number of anilines is 1. The minimum absolute atomic E-state index is 0.119. The quantitative estimate of drug-likeness (QED) is 0.233. The predicted molar refractivity (Wildman–Crippen MR) is 132 cm³/mol. The number of benzene rings is 2. The summed E-state index contributed by atoms with van der Waals surface area (Å²) < 4.78 is 0. The second kappa shape index (κ2) is 9.35. The van der Waals surface area contributed by atoms with Crippen LogP contribution in [0.1, 0.15) is 20.7 Å². The van der Waals surface area contributed by atoms with Crippen molar-refractivity contribution in [3.8, 4) is 11.1 Å². The average molecular weight is 499 g/mol. The number of fused-ring (bicyclic) bond motifs is 1. The van der Waals surface area contributed by atoms with E-state index in [4.69, 9.17) is 23.2 Å². The number of aromatic amines is 1. The molecule has 10 heteroatoms. The largest absolute Gasteiger partial charge is 0.310 e. The minimum atomic E-state index is -0.436. The minimum Gasteiger partial charge on any atom is -0.310 e. The van der Waals surface area contributed by atoms with E-state index in [0.717, 1.165) is 0 Å². The van der Waals surface area contributed by atoms with E-state index in [-0.39, 0.29) is 32.3 Å². The Kier molecular flexibility index (Phi) is 6.51. The van der Waals surface area contributed by atoms with Gasteiger partial charge in [-0.05, 0) is 30.5 Å².